The Morgan fingerprint density at radius 3 is 2.63 bits per heavy atom. The third-order valence-electron chi connectivity index (χ3n) is 4.00. The van der Waals surface area contributed by atoms with Crippen LogP contribution in [0.5, 0.6) is 0 Å². The molecule has 0 unspecified atom stereocenters. The van der Waals surface area contributed by atoms with E-state index in [2.05, 4.69) is 15.3 Å². The summed E-state index contributed by atoms with van der Waals surface area (Å²) in [5.41, 5.74) is 2.20. The van der Waals surface area contributed by atoms with Crippen molar-refractivity contribution < 1.29 is 4.92 Å². The maximum absolute atomic E-state index is 11.9. The number of rotatable bonds is 6. The van der Waals surface area contributed by atoms with Crippen LogP contribution in [0.2, 0.25) is 5.02 Å². The van der Waals surface area contributed by atoms with Crippen LogP contribution >= 0.6 is 11.6 Å². The van der Waals surface area contributed by atoms with Gasteiger partial charge in [-0.2, -0.15) is 0 Å². The highest BCUT2D eigenvalue weighted by Gasteiger charge is 2.27. The predicted molar refractivity (Wildman–Crippen MR) is 107 cm³/mol. The second-order valence-corrected chi connectivity index (χ2v) is 6.25. The zero-order chi connectivity index (χ0) is 19.4. The molecule has 3 aromatic rings. The van der Waals surface area contributed by atoms with Gasteiger partial charge < -0.3 is 10.2 Å². The fraction of sp³-hybridized carbons (Fsp3) is 0.158. The van der Waals surface area contributed by atoms with Gasteiger partial charge >= 0.3 is 5.69 Å². The van der Waals surface area contributed by atoms with Crippen LogP contribution < -0.4 is 10.2 Å². The summed E-state index contributed by atoms with van der Waals surface area (Å²) in [5.74, 6) is 0.307. The molecule has 0 aliphatic carbocycles. The van der Waals surface area contributed by atoms with Gasteiger partial charge in [0.15, 0.2) is 0 Å². The average Bonchev–Trinajstić information content (AvgIpc) is 2.64. The van der Waals surface area contributed by atoms with Gasteiger partial charge in [0.25, 0.3) is 0 Å². The molecule has 1 heterocycles. The highest BCUT2D eigenvalue weighted by Crippen LogP contribution is 2.37. The van der Waals surface area contributed by atoms with E-state index in [9.17, 15) is 10.1 Å². The van der Waals surface area contributed by atoms with Crippen molar-refractivity contribution >= 4 is 40.3 Å². The zero-order valence-corrected chi connectivity index (χ0v) is 15.6. The highest BCUT2D eigenvalue weighted by atomic mass is 35.5. The normalized spacial score (nSPS) is 10.5. The Balaban J connectivity index is 2.10. The van der Waals surface area contributed by atoms with Crippen molar-refractivity contribution in [1.82, 2.24) is 9.97 Å². The summed E-state index contributed by atoms with van der Waals surface area (Å²) >= 11 is 6.16. The van der Waals surface area contributed by atoms with Crippen molar-refractivity contribution in [2.45, 2.75) is 13.8 Å². The first-order valence-corrected chi connectivity index (χ1v) is 8.74. The molecule has 27 heavy (non-hydrogen) atoms. The molecule has 1 N–H and O–H groups in total. The number of anilines is 4. The van der Waals surface area contributed by atoms with Crippen molar-refractivity contribution in [1.29, 1.82) is 0 Å². The molecule has 2 aromatic carbocycles. The maximum Gasteiger partial charge on any atom is 0.354 e. The monoisotopic (exact) mass is 383 g/mol. The number of aromatic nitrogens is 2. The van der Waals surface area contributed by atoms with E-state index in [-0.39, 0.29) is 17.3 Å². The van der Waals surface area contributed by atoms with Crippen molar-refractivity contribution in [3.05, 3.63) is 75.6 Å². The Labute approximate surface area is 161 Å². The first-order valence-electron chi connectivity index (χ1n) is 8.36. The van der Waals surface area contributed by atoms with Gasteiger partial charge in [-0.3, -0.25) is 10.1 Å². The minimum absolute atomic E-state index is 0.0872. The number of halogens is 1. The van der Waals surface area contributed by atoms with Crippen molar-refractivity contribution in [2.75, 3.05) is 16.8 Å². The number of para-hydroxylation sites is 1. The number of nitro groups is 1. The van der Waals surface area contributed by atoms with Crippen LogP contribution in [0.25, 0.3) is 0 Å². The summed E-state index contributed by atoms with van der Waals surface area (Å²) in [4.78, 5) is 21.4. The molecule has 0 fully saturated rings. The second kappa shape index (κ2) is 8.01. The number of benzene rings is 2. The lowest BCUT2D eigenvalue weighted by Gasteiger charge is -2.22. The lowest BCUT2D eigenvalue weighted by Crippen LogP contribution is -2.20. The van der Waals surface area contributed by atoms with Crippen LogP contribution in [0.4, 0.5) is 28.7 Å². The smallest absolute Gasteiger partial charge is 0.333 e. The van der Waals surface area contributed by atoms with E-state index in [0.29, 0.717) is 17.3 Å². The van der Waals surface area contributed by atoms with E-state index < -0.39 is 4.92 Å². The highest BCUT2D eigenvalue weighted by molar-refractivity contribution is 6.33. The molecule has 0 radical (unpaired) electrons. The van der Waals surface area contributed by atoms with Crippen LogP contribution in [0, 0.1) is 17.0 Å². The Morgan fingerprint density at radius 2 is 1.96 bits per heavy atom. The number of nitrogens with zero attached hydrogens (tertiary/aromatic N) is 4. The minimum Gasteiger partial charge on any atom is -0.333 e. The molecule has 1 aromatic heterocycles. The van der Waals surface area contributed by atoms with Gasteiger partial charge in [-0.05, 0) is 43.7 Å². The molecular formula is C19H18ClN5O2. The molecule has 138 valence electrons. The van der Waals surface area contributed by atoms with Gasteiger partial charge in [0.2, 0.25) is 11.6 Å². The van der Waals surface area contributed by atoms with Crippen LogP contribution in [-0.2, 0) is 0 Å². The van der Waals surface area contributed by atoms with E-state index in [1.165, 1.54) is 6.33 Å². The average molecular weight is 384 g/mol. The third-order valence-corrected chi connectivity index (χ3v) is 4.33. The van der Waals surface area contributed by atoms with Crippen LogP contribution in [0.15, 0.2) is 54.9 Å². The van der Waals surface area contributed by atoms with Crippen molar-refractivity contribution in [3.63, 3.8) is 0 Å². The van der Waals surface area contributed by atoms with Gasteiger partial charge in [-0.1, -0.05) is 35.9 Å². The standard InChI is InChI=1S/C19H18ClN5O2/c1-3-24(14-8-6-7-13(2)11-14)19-17(25(26)27)18(21-12-22-19)23-16-10-5-4-9-15(16)20/h4-12H,3H2,1-2H3,(H,21,22,23). The zero-order valence-electron chi connectivity index (χ0n) is 14.9. The first kappa shape index (κ1) is 18.6. The maximum atomic E-state index is 11.9. The summed E-state index contributed by atoms with van der Waals surface area (Å²) in [6.07, 6.45) is 1.31. The van der Waals surface area contributed by atoms with Gasteiger partial charge in [0.1, 0.15) is 6.33 Å². The Kier molecular flexibility index (Phi) is 5.52. The Morgan fingerprint density at radius 1 is 1.19 bits per heavy atom. The second-order valence-electron chi connectivity index (χ2n) is 5.84. The molecule has 3 rings (SSSR count). The predicted octanol–water partition coefficient (Wildman–Crippen LogP) is 5.25. The van der Waals surface area contributed by atoms with Gasteiger partial charge in [-0.15, -0.1) is 0 Å². The Bertz CT molecular complexity index is 980. The lowest BCUT2D eigenvalue weighted by atomic mass is 10.2. The lowest BCUT2D eigenvalue weighted by molar-refractivity contribution is -0.383. The van der Waals surface area contributed by atoms with Gasteiger partial charge in [0, 0.05) is 12.2 Å². The number of hydrogen-bond acceptors (Lipinski definition) is 6. The topological polar surface area (TPSA) is 84.2 Å². The fourth-order valence-electron chi connectivity index (χ4n) is 2.77. The molecule has 0 amide bonds. The molecule has 0 aliphatic heterocycles. The number of aryl methyl sites for hydroxylation is 1. The van der Waals surface area contributed by atoms with Crippen molar-refractivity contribution in [3.8, 4) is 0 Å². The molecule has 7 nitrogen and oxygen atoms in total. The Hall–Kier alpha value is -3.19. The summed E-state index contributed by atoms with van der Waals surface area (Å²) in [7, 11) is 0. The summed E-state index contributed by atoms with van der Waals surface area (Å²) in [5, 5.41) is 15.3. The SMILES string of the molecule is CCN(c1cccc(C)c1)c1ncnc(Nc2ccccc2Cl)c1[N+](=O)[O-]. The number of hydrogen-bond donors (Lipinski definition) is 1. The summed E-state index contributed by atoms with van der Waals surface area (Å²) < 4.78 is 0. The fourth-order valence-corrected chi connectivity index (χ4v) is 2.95. The quantitative estimate of drug-likeness (QED) is 0.462. The van der Waals surface area contributed by atoms with E-state index in [0.717, 1.165) is 11.3 Å². The molecule has 0 spiro atoms. The summed E-state index contributed by atoms with van der Waals surface area (Å²) in [6.45, 7) is 4.39. The van der Waals surface area contributed by atoms with Crippen LogP contribution in [-0.4, -0.2) is 21.4 Å². The molecule has 0 saturated heterocycles. The van der Waals surface area contributed by atoms with E-state index in [1.54, 1.807) is 29.2 Å². The van der Waals surface area contributed by atoms with Crippen molar-refractivity contribution in [2.24, 2.45) is 0 Å². The van der Waals surface area contributed by atoms with E-state index in [1.807, 2.05) is 38.1 Å². The van der Waals surface area contributed by atoms with Crippen LogP contribution in [0.3, 0.4) is 0 Å². The van der Waals surface area contributed by atoms with Gasteiger partial charge in [-0.25, -0.2) is 9.97 Å². The third kappa shape index (κ3) is 3.98. The molecule has 0 atom stereocenters. The number of nitrogens with one attached hydrogen (secondary N) is 1. The van der Waals surface area contributed by atoms with E-state index >= 15 is 0 Å². The molecule has 0 saturated carbocycles. The first-order chi connectivity index (χ1) is 13.0. The molecule has 0 bridgehead atoms. The summed E-state index contributed by atoms with van der Waals surface area (Å²) in [6, 6.07) is 14.7. The molecular weight excluding hydrogens is 366 g/mol. The van der Waals surface area contributed by atoms with Crippen LogP contribution in [0.1, 0.15) is 12.5 Å². The largest absolute Gasteiger partial charge is 0.354 e. The molecule has 0 aliphatic rings. The minimum atomic E-state index is -0.479. The van der Waals surface area contributed by atoms with E-state index in [4.69, 9.17) is 11.6 Å². The molecule has 8 heteroatoms. The van der Waals surface area contributed by atoms with Gasteiger partial charge in [0.05, 0.1) is 15.6 Å².